The molecule has 46 heavy (non-hydrogen) atoms. The van der Waals surface area contributed by atoms with Gasteiger partial charge < -0.3 is 21.3 Å². The van der Waals surface area contributed by atoms with Crippen LogP contribution in [0.3, 0.4) is 0 Å². The summed E-state index contributed by atoms with van der Waals surface area (Å²) in [7, 11) is 3.74. The van der Waals surface area contributed by atoms with E-state index in [-0.39, 0.29) is 35.7 Å². The number of halogens is 3. The van der Waals surface area contributed by atoms with Crippen molar-refractivity contribution in [3.8, 4) is 11.3 Å². The van der Waals surface area contributed by atoms with Gasteiger partial charge >= 0.3 is 12.2 Å². The maximum Gasteiger partial charge on any atom is 0.416 e. The molecule has 2 amide bonds. The Kier molecular flexibility index (Phi) is 9.11. The number of aryl methyl sites for hydroxylation is 1. The molecule has 6 rings (SSSR count). The van der Waals surface area contributed by atoms with E-state index in [0.717, 1.165) is 67.0 Å². The number of aromatic nitrogens is 4. The summed E-state index contributed by atoms with van der Waals surface area (Å²) in [6, 6.07) is 11.1. The van der Waals surface area contributed by atoms with E-state index >= 15 is 0 Å². The third kappa shape index (κ3) is 7.57. The van der Waals surface area contributed by atoms with Crippen LogP contribution in [-0.2, 0) is 19.8 Å². The van der Waals surface area contributed by atoms with Gasteiger partial charge in [0.1, 0.15) is 0 Å². The highest BCUT2D eigenvalue weighted by Crippen LogP contribution is 2.35. The Morgan fingerprint density at radius 2 is 1.83 bits per heavy atom. The number of urea groups is 1. The lowest BCUT2D eigenvalue weighted by Crippen LogP contribution is -2.44. The number of alkyl halides is 3. The third-order valence-electron chi connectivity index (χ3n) is 8.71. The summed E-state index contributed by atoms with van der Waals surface area (Å²) in [5.74, 6) is 0.823. The van der Waals surface area contributed by atoms with E-state index in [1.54, 1.807) is 24.0 Å². The fraction of sp³-hybridized carbons (Fsp3) is 0.438. The quantitative estimate of drug-likeness (QED) is 0.220. The van der Waals surface area contributed by atoms with Crippen LogP contribution in [0.15, 0.2) is 48.7 Å². The van der Waals surface area contributed by atoms with Crippen molar-refractivity contribution < 1.29 is 18.0 Å². The molecule has 2 aromatic heterocycles. The number of likely N-dealkylation sites (N-methyl/N-ethyl adjacent to an activating group) is 1. The van der Waals surface area contributed by atoms with E-state index in [2.05, 4.69) is 35.9 Å². The lowest BCUT2D eigenvalue weighted by atomic mass is 9.92. The van der Waals surface area contributed by atoms with Crippen LogP contribution in [0.4, 0.5) is 35.4 Å². The van der Waals surface area contributed by atoms with Gasteiger partial charge in [-0.25, -0.2) is 14.8 Å². The number of piperazine rings is 1. The van der Waals surface area contributed by atoms with E-state index in [0.29, 0.717) is 19.0 Å². The van der Waals surface area contributed by atoms with Crippen molar-refractivity contribution in [1.29, 1.82) is 0 Å². The Morgan fingerprint density at radius 3 is 2.59 bits per heavy atom. The molecular formula is C32H39F3N10O. The largest absolute Gasteiger partial charge is 0.416 e. The van der Waals surface area contributed by atoms with Gasteiger partial charge in [0.15, 0.2) is 5.82 Å². The SMILES string of the molecule is CN1CCN(Cc2ccc(NC(=O)Nc3cc(-c4ccc5nc(NC6CCC[C@@H](N)C6)ncc5c4)n(C)n3)cc2C(F)(F)F)CC1. The smallest absolute Gasteiger partial charge is 0.351 e. The molecule has 2 fully saturated rings. The first-order valence-electron chi connectivity index (χ1n) is 15.5. The van der Waals surface area contributed by atoms with E-state index in [4.69, 9.17) is 5.73 Å². The minimum absolute atomic E-state index is 0.0397. The van der Waals surface area contributed by atoms with Gasteiger partial charge in [0.25, 0.3) is 0 Å². The van der Waals surface area contributed by atoms with E-state index in [9.17, 15) is 18.0 Å². The molecule has 2 atom stereocenters. The summed E-state index contributed by atoms with van der Waals surface area (Å²) in [4.78, 5) is 26.1. The summed E-state index contributed by atoms with van der Waals surface area (Å²) < 4.78 is 43.6. The summed E-state index contributed by atoms with van der Waals surface area (Å²) in [5.41, 5.74) is 7.93. The van der Waals surface area contributed by atoms with E-state index < -0.39 is 17.8 Å². The summed E-state index contributed by atoms with van der Waals surface area (Å²) in [6.45, 7) is 3.20. The van der Waals surface area contributed by atoms with Crippen LogP contribution >= 0.6 is 0 Å². The molecule has 1 saturated heterocycles. The molecule has 244 valence electrons. The number of carbonyl (C=O) groups excluding carboxylic acids is 1. The highest BCUT2D eigenvalue weighted by molar-refractivity contribution is 5.99. The maximum atomic E-state index is 14.0. The second kappa shape index (κ2) is 13.2. The third-order valence-corrected chi connectivity index (χ3v) is 8.71. The van der Waals surface area contributed by atoms with Gasteiger partial charge in [-0.2, -0.15) is 18.3 Å². The normalized spacial score (nSPS) is 19.7. The molecule has 3 heterocycles. The van der Waals surface area contributed by atoms with Crippen molar-refractivity contribution in [2.75, 3.05) is 49.2 Å². The standard InChI is InChI=1S/C32H39F3N10O/c1-43-10-12-45(13-11-43)19-21-6-8-25(16-26(21)32(33,34)35)39-31(46)41-29-17-28(44(2)42-29)20-7-9-27-22(14-20)18-37-30(40-27)38-24-5-3-4-23(36)15-24/h6-9,14,16-18,23-24H,3-5,10-13,15,19,36H2,1-2H3,(H,37,38,40)(H2,39,41,42,46)/t23-,24?/m1/s1. The fourth-order valence-electron chi connectivity index (χ4n) is 6.18. The number of rotatable bonds is 7. The average molecular weight is 637 g/mol. The molecule has 2 aliphatic rings. The molecule has 1 aliphatic heterocycles. The number of hydrogen-bond acceptors (Lipinski definition) is 8. The van der Waals surface area contributed by atoms with Crippen LogP contribution in [0, 0.1) is 0 Å². The van der Waals surface area contributed by atoms with Crippen LogP contribution in [-0.4, -0.2) is 80.9 Å². The molecule has 0 spiro atoms. The van der Waals surface area contributed by atoms with Crippen LogP contribution in [0.1, 0.15) is 36.8 Å². The predicted octanol–water partition coefficient (Wildman–Crippen LogP) is 5.12. The molecule has 4 aromatic rings. The molecule has 1 unspecified atom stereocenters. The van der Waals surface area contributed by atoms with Gasteiger partial charge in [0.05, 0.1) is 16.8 Å². The Bertz CT molecular complexity index is 1700. The zero-order valence-electron chi connectivity index (χ0n) is 25.9. The number of nitrogens with one attached hydrogen (secondary N) is 3. The zero-order valence-corrected chi connectivity index (χ0v) is 25.9. The lowest BCUT2D eigenvalue weighted by Gasteiger charge is -2.33. The molecule has 14 heteroatoms. The second-order valence-corrected chi connectivity index (χ2v) is 12.3. The molecule has 2 aromatic carbocycles. The van der Waals surface area contributed by atoms with Crippen molar-refractivity contribution in [1.82, 2.24) is 29.5 Å². The van der Waals surface area contributed by atoms with Crippen molar-refractivity contribution in [3.63, 3.8) is 0 Å². The number of nitrogens with two attached hydrogens (primary N) is 1. The minimum atomic E-state index is -4.56. The van der Waals surface area contributed by atoms with Gasteiger partial charge in [-0.3, -0.25) is 14.9 Å². The number of hydrogen-bond donors (Lipinski definition) is 4. The van der Waals surface area contributed by atoms with Crippen LogP contribution in [0.5, 0.6) is 0 Å². The number of anilines is 3. The number of fused-ring (bicyclic) bond motifs is 1. The molecule has 1 aliphatic carbocycles. The Labute approximate surface area is 265 Å². The molecular weight excluding hydrogens is 597 g/mol. The molecule has 5 N–H and O–H groups in total. The summed E-state index contributed by atoms with van der Waals surface area (Å²) in [5, 5.41) is 13.8. The minimum Gasteiger partial charge on any atom is -0.351 e. The van der Waals surface area contributed by atoms with E-state index in [1.165, 1.54) is 12.1 Å². The molecule has 11 nitrogen and oxygen atoms in total. The van der Waals surface area contributed by atoms with Gasteiger partial charge in [-0.15, -0.1) is 0 Å². The number of amides is 2. The molecule has 1 saturated carbocycles. The van der Waals surface area contributed by atoms with Crippen molar-refractivity contribution in [2.24, 2.45) is 12.8 Å². The Morgan fingerprint density at radius 1 is 1.02 bits per heavy atom. The first kappa shape index (κ1) is 31.7. The van der Waals surface area contributed by atoms with Gasteiger partial charge in [0, 0.05) is 80.8 Å². The fourth-order valence-corrected chi connectivity index (χ4v) is 6.18. The predicted molar refractivity (Wildman–Crippen MR) is 172 cm³/mol. The summed E-state index contributed by atoms with van der Waals surface area (Å²) >= 11 is 0. The van der Waals surface area contributed by atoms with Crippen LogP contribution in [0.2, 0.25) is 0 Å². The first-order chi connectivity index (χ1) is 22.0. The van der Waals surface area contributed by atoms with Gasteiger partial charge in [0.2, 0.25) is 5.95 Å². The average Bonchev–Trinajstić information content (AvgIpc) is 3.37. The van der Waals surface area contributed by atoms with E-state index in [1.807, 2.05) is 30.1 Å². The maximum absolute atomic E-state index is 14.0. The Balaban J connectivity index is 1.11. The lowest BCUT2D eigenvalue weighted by molar-refractivity contribution is -0.138. The Hall–Kier alpha value is -4.27. The first-order valence-corrected chi connectivity index (χ1v) is 15.5. The van der Waals surface area contributed by atoms with Gasteiger partial charge in [-0.05, 0) is 62.6 Å². The number of benzene rings is 2. The second-order valence-electron chi connectivity index (χ2n) is 12.3. The van der Waals surface area contributed by atoms with Crippen molar-refractivity contribution >= 4 is 34.4 Å². The van der Waals surface area contributed by atoms with Crippen LogP contribution in [0.25, 0.3) is 22.2 Å². The van der Waals surface area contributed by atoms with Gasteiger partial charge in [-0.1, -0.05) is 12.1 Å². The number of nitrogens with zero attached hydrogens (tertiary/aromatic N) is 6. The van der Waals surface area contributed by atoms with Crippen molar-refractivity contribution in [3.05, 3.63) is 59.8 Å². The summed E-state index contributed by atoms with van der Waals surface area (Å²) in [6.07, 6.45) is 1.28. The van der Waals surface area contributed by atoms with Crippen molar-refractivity contribution in [2.45, 2.75) is 50.5 Å². The van der Waals surface area contributed by atoms with Crippen LogP contribution < -0.4 is 21.7 Å². The highest BCUT2D eigenvalue weighted by Gasteiger charge is 2.34. The molecule has 0 radical (unpaired) electrons. The number of carbonyl (C=O) groups is 1. The molecule has 0 bridgehead atoms. The monoisotopic (exact) mass is 636 g/mol. The zero-order chi connectivity index (χ0) is 32.4. The topological polar surface area (TPSA) is 129 Å². The highest BCUT2D eigenvalue weighted by atomic mass is 19.4.